The minimum absolute atomic E-state index is 0.716. The lowest BCUT2D eigenvalue weighted by Gasteiger charge is -2.39. The van der Waals surface area contributed by atoms with Crippen molar-refractivity contribution in [2.75, 3.05) is 18.4 Å². The fourth-order valence-electron chi connectivity index (χ4n) is 3.50. The number of hydrogen-bond acceptors (Lipinski definition) is 3. The maximum Gasteiger partial charge on any atom is 0.155 e. The molecule has 120 valence electrons. The molecule has 0 amide bonds. The number of piperidine rings is 1. The summed E-state index contributed by atoms with van der Waals surface area (Å²) in [5.41, 5.74) is 1.02. The average molecular weight is 321 g/mol. The van der Waals surface area contributed by atoms with Gasteiger partial charge in [-0.25, -0.2) is 0 Å². The highest BCUT2D eigenvalue weighted by atomic mass is 35.5. The number of H-pyrrole nitrogens is 1. The van der Waals surface area contributed by atoms with Gasteiger partial charge in [-0.2, -0.15) is 5.10 Å². The van der Waals surface area contributed by atoms with Gasteiger partial charge in [0.2, 0.25) is 0 Å². The Morgan fingerprint density at radius 3 is 2.86 bits per heavy atom. The minimum Gasteiger partial charge on any atom is -0.368 e. The Morgan fingerprint density at radius 2 is 2.09 bits per heavy atom. The van der Waals surface area contributed by atoms with Gasteiger partial charge in [0.1, 0.15) is 0 Å². The molecule has 1 aliphatic heterocycles. The van der Waals surface area contributed by atoms with Crippen LogP contribution in [0.25, 0.3) is 10.9 Å². The summed E-state index contributed by atoms with van der Waals surface area (Å²) in [4.78, 5) is 2.64. The first kappa shape index (κ1) is 15.6. The van der Waals surface area contributed by atoms with Crippen LogP contribution in [0.15, 0.2) is 18.2 Å². The van der Waals surface area contributed by atoms with E-state index in [-0.39, 0.29) is 0 Å². The molecule has 4 nitrogen and oxygen atoms in total. The average Bonchev–Trinajstić information content (AvgIpc) is 2.88. The Morgan fingerprint density at radius 1 is 1.32 bits per heavy atom. The maximum absolute atomic E-state index is 6.07. The number of anilines is 1. The zero-order valence-electron chi connectivity index (χ0n) is 13.4. The number of aromatic nitrogens is 2. The van der Waals surface area contributed by atoms with E-state index in [1.54, 1.807) is 0 Å². The third kappa shape index (κ3) is 3.39. The van der Waals surface area contributed by atoms with Crippen molar-refractivity contribution in [3.63, 3.8) is 0 Å². The summed E-state index contributed by atoms with van der Waals surface area (Å²) in [6.45, 7) is 6.79. The van der Waals surface area contributed by atoms with E-state index in [0.29, 0.717) is 12.1 Å². The van der Waals surface area contributed by atoms with Crippen molar-refractivity contribution < 1.29 is 0 Å². The molecule has 5 heteroatoms. The molecule has 22 heavy (non-hydrogen) atoms. The van der Waals surface area contributed by atoms with Crippen molar-refractivity contribution in [1.29, 1.82) is 0 Å². The van der Waals surface area contributed by atoms with E-state index in [0.717, 1.165) is 41.3 Å². The standard InChI is InChI=1S/C17H25ClN4/c1-12-5-3-6-13(2)22(12)10-4-9-19-17-15-11-14(18)7-8-16(15)20-21-17/h7-8,11-13H,3-6,9-10H2,1-2H3,(H2,19,20,21). The van der Waals surface area contributed by atoms with Crippen LogP contribution in [0.4, 0.5) is 5.82 Å². The number of rotatable bonds is 5. The van der Waals surface area contributed by atoms with Gasteiger partial charge in [0.25, 0.3) is 0 Å². The van der Waals surface area contributed by atoms with Crippen LogP contribution < -0.4 is 5.32 Å². The van der Waals surface area contributed by atoms with Crippen molar-refractivity contribution in [2.45, 2.75) is 51.6 Å². The molecule has 1 aromatic carbocycles. The summed E-state index contributed by atoms with van der Waals surface area (Å²) in [5.74, 6) is 0.900. The second-order valence-corrected chi connectivity index (χ2v) is 6.85. The highest BCUT2D eigenvalue weighted by Gasteiger charge is 2.23. The summed E-state index contributed by atoms with van der Waals surface area (Å²) in [6, 6.07) is 7.23. The molecular formula is C17H25ClN4. The van der Waals surface area contributed by atoms with Gasteiger partial charge in [0, 0.05) is 35.6 Å². The van der Waals surface area contributed by atoms with Crippen molar-refractivity contribution in [3.05, 3.63) is 23.2 Å². The Balaban J connectivity index is 1.53. The lowest BCUT2D eigenvalue weighted by atomic mass is 9.97. The summed E-state index contributed by atoms with van der Waals surface area (Å²) in [5, 5.41) is 12.6. The van der Waals surface area contributed by atoms with Crippen LogP contribution >= 0.6 is 11.6 Å². The number of hydrogen-bond donors (Lipinski definition) is 2. The van der Waals surface area contributed by atoms with E-state index >= 15 is 0 Å². The molecule has 2 heterocycles. The molecule has 1 aromatic heterocycles. The molecule has 2 unspecified atom stereocenters. The number of fused-ring (bicyclic) bond motifs is 1. The largest absolute Gasteiger partial charge is 0.368 e. The second-order valence-electron chi connectivity index (χ2n) is 6.41. The molecule has 0 aliphatic carbocycles. The predicted octanol–water partition coefficient (Wildman–Crippen LogP) is 4.28. The number of nitrogens with one attached hydrogen (secondary N) is 2. The molecule has 1 saturated heterocycles. The third-order valence-electron chi connectivity index (χ3n) is 4.79. The zero-order chi connectivity index (χ0) is 15.5. The Hall–Kier alpha value is -1.26. The van der Waals surface area contributed by atoms with Crippen LogP contribution in [0.1, 0.15) is 39.5 Å². The predicted molar refractivity (Wildman–Crippen MR) is 93.7 cm³/mol. The van der Waals surface area contributed by atoms with E-state index in [1.165, 1.54) is 19.3 Å². The molecule has 0 bridgehead atoms. The number of benzene rings is 1. The van der Waals surface area contributed by atoms with Crippen molar-refractivity contribution in [1.82, 2.24) is 15.1 Å². The van der Waals surface area contributed by atoms with Crippen LogP contribution in [-0.2, 0) is 0 Å². The topological polar surface area (TPSA) is 44.0 Å². The lowest BCUT2D eigenvalue weighted by molar-refractivity contribution is 0.103. The lowest BCUT2D eigenvalue weighted by Crippen LogP contribution is -2.44. The summed E-state index contributed by atoms with van der Waals surface area (Å²) < 4.78 is 0. The first-order valence-electron chi connectivity index (χ1n) is 8.28. The molecule has 2 N–H and O–H groups in total. The van der Waals surface area contributed by atoms with E-state index in [9.17, 15) is 0 Å². The monoisotopic (exact) mass is 320 g/mol. The highest BCUT2D eigenvalue weighted by Crippen LogP contribution is 2.24. The van der Waals surface area contributed by atoms with Gasteiger partial charge in [-0.3, -0.25) is 10.00 Å². The highest BCUT2D eigenvalue weighted by molar-refractivity contribution is 6.31. The van der Waals surface area contributed by atoms with Crippen LogP contribution in [0.3, 0.4) is 0 Å². The zero-order valence-corrected chi connectivity index (χ0v) is 14.2. The molecule has 3 rings (SSSR count). The number of likely N-dealkylation sites (tertiary alicyclic amines) is 1. The molecule has 1 aliphatic rings. The molecule has 0 radical (unpaired) electrons. The van der Waals surface area contributed by atoms with Crippen LogP contribution in [-0.4, -0.2) is 40.3 Å². The van der Waals surface area contributed by atoms with Crippen molar-refractivity contribution >= 4 is 28.3 Å². The van der Waals surface area contributed by atoms with Crippen LogP contribution in [0.2, 0.25) is 5.02 Å². The van der Waals surface area contributed by atoms with Crippen molar-refractivity contribution in [2.24, 2.45) is 0 Å². The molecular weight excluding hydrogens is 296 g/mol. The molecule has 0 spiro atoms. The first-order valence-corrected chi connectivity index (χ1v) is 8.66. The van der Waals surface area contributed by atoms with Crippen LogP contribution in [0.5, 0.6) is 0 Å². The fourth-order valence-corrected chi connectivity index (χ4v) is 3.68. The number of aromatic amines is 1. The molecule has 1 fully saturated rings. The van der Waals surface area contributed by atoms with Gasteiger partial charge >= 0.3 is 0 Å². The van der Waals surface area contributed by atoms with E-state index in [1.807, 2.05) is 18.2 Å². The normalized spacial score (nSPS) is 23.0. The fraction of sp³-hybridized carbons (Fsp3) is 0.588. The quantitative estimate of drug-likeness (QED) is 0.808. The number of nitrogens with zero attached hydrogens (tertiary/aromatic N) is 2. The van der Waals surface area contributed by atoms with Gasteiger partial charge in [0.05, 0.1) is 5.52 Å². The minimum atomic E-state index is 0.716. The molecule has 2 atom stereocenters. The van der Waals surface area contributed by atoms with Crippen LogP contribution in [0, 0.1) is 0 Å². The SMILES string of the molecule is CC1CCCC(C)N1CCCNc1n[nH]c2ccc(Cl)cc12. The van der Waals surface area contributed by atoms with Gasteiger partial charge in [-0.15, -0.1) is 0 Å². The maximum atomic E-state index is 6.07. The number of halogens is 1. The second kappa shape index (κ2) is 6.88. The first-order chi connectivity index (χ1) is 10.6. The van der Waals surface area contributed by atoms with E-state index in [2.05, 4.69) is 34.3 Å². The van der Waals surface area contributed by atoms with E-state index < -0.39 is 0 Å². The molecule has 0 saturated carbocycles. The Kier molecular flexibility index (Phi) is 4.89. The van der Waals surface area contributed by atoms with Crippen molar-refractivity contribution in [3.8, 4) is 0 Å². The van der Waals surface area contributed by atoms with Gasteiger partial charge in [-0.1, -0.05) is 18.0 Å². The van der Waals surface area contributed by atoms with Gasteiger partial charge in [-0.05, 0) is 51.3 Å². The Bertz CT molecular complexity index is 614. The molecule has 2 aromatic rings. The summed E-state index contributed by atoms with van der Waals surface area (Å²) in [7, 11) is 0. The smallest absolute Gasteiger partial charge is 0.155 e. The van der Waals surface area contributed by atoms with E-state index in [4.69, 9.17) is 11.6 Å². The Labute approximate surface area is 137 Å². The van der Waals surface area contributed by atoms with Gasteiger partial charge in [0.15, 0.2) is 5.82 Å². The summed E-state index contributed by atoms with van der Waals surface area (Å²) in [6.07, 6.45) is 5.17. The van der Waals surface area contributed by atoms with Gasteiger partial charge < -0.3 is 5.32 Å². The third-order valence-corrected chi connectivity index (χ3v) is 5.02. The summed E-state index contributed by atoms with van der Waals surface area (Å²) >= 11 is 6.07.